The summed E-state index contributed by atoms with van der Waals surface area (Å²) in [4.78, 5) is 38.7. The van der Waals surface area contributed by atoms with Crippen LogP contribution >= 0.6 is 11.6 Å². The van der Waals surface area contributed by atoms with Gasteiger partial charge in [0.1, 0.15) is 16.9 Å². The first-order chi connectivity index (χ1) is 17.4. The van der Waals surface area contributed by atoms with E-state index in [4.69, 9.17) is 16.2 Å². The molecular weight excluding hydrogens is 488 g/mol. The maximum absolute atomic E-state index is 13.5. The summed E-state index contributed by atoms with van der Waals surface area (Å²) in [6.07, 6.45) is 7.81. The zero-order valence-electron chi connectivity index (χ0n) is 19.9. The minimum absolute atomic E-state index is 0.0466. The van der Waals surface area contributed by atoms with Crippen molar-refractivity contribution in [3.8, 4) is 0 Å². The fourth-order valence-electron chi connectivity index (χ4n) is 4.73. The van der Waals surface area contributed by atoms with Crippen LogP contribution in [0.25, 0.3) is 0 Å². The smallest absolute Gasteiger partial charge is 0.276 e. The van der Waals surface area contributed by atoms with Crippen LogP contribution in [0.15, 0.2) is 27.9 Å². The van der Waals surface area contributed by atoms with E-state index in [1.54, 1.807) is 17.8 Å². The predicted octanol–water partition coefficient (Wildman–Crippen LogP) is 2.35. The fourth-order valence-corrected chi connectivity index (χ4v) is 4.89. The van der Waals surface area contributed by atoms with Crippen molar-refractivity contribution in [2.75, 3.05) is 5.32 Å². The molecule has 0 aliphatic heterocycles. The Kier molecular flexibility index (Phi) is 6.61. The van der Waals surface area contributed by atoms with E-state index in [-0.39, 0.29) is 28.2 Å². The van der Waals surface area contributed by atoms with Gasteiger partial charge in [-0.3, -0.25) is 19.1 Å². The highest BCUT2D eigenvalue weighted by Crippen LogP contribution is 2.50. The molecule has 36 heavy (non-hydrogen) atoms. The van der Waals surface area contributed by atoms with Gasteiger partial charge in [0.05, 0.1) is 17.9 Å². The van der Waals surface area contributed by atoms with Crippen LogP contribution in [-0.4, -0.2) is 48.1 Å². The molecule has 0 bridgehead atoms. The average Bonchev–Trinajstić information content (AvgIpc) is 3.79. The monoisotopic (exact) mass is 514 g/mol. The third kappa shape index (κ3) is 5.03. The summed E-state index contributed by atoms with van der Waals surface area (Å²) >= 11 is 5.93. The van der Waals surface area contributed by atoms with Gasteiger partial charge in [0.15, 0.2) is 5.69 Å². The number of aromatic nitrogens is 6. The Morgan fingerprint density at radius 1 is 1.25 bits per heavy atom. The highest BCUT2D eigenvalue weighted by Gasteiger charge is 2.48. The SMILES string of the molecule is CCc1nonc1C(=O)N[C@H](C(=O)Nc1cnn(C(C)c2cc(Cl)n[nH]c2=O)c1)C(C1CC1)C1CC1. The quantitative estimate of drug-likeness (QED) is 0.371. The summed E-state index contributed by atoms with van der Waals surface area (Å²) in [6.45, 7) is 3.64. The highest BCUT2D eigenvalue weighted by molar-refractivity contribution is 6.29. The Labute approximate surface area is 211 Å². The van der Waals surface area contributed by atoms with Crippen LogP contribution < -0.4 is 16.2 Å². The van der Waals surface area contributed by atoms with E-state index in [1.165, 1.54) is 12.3 Å². The van der Waals surface area contributed by atoms with Gasteiger partial charge in [0.25, 0.3) is 11.5 Å². The van der Waals surface area contributed by atoms with Gasteiger partial charge in [-0.25, -0.2) is 9.73 Å². The number of carbonyl (C=O) groups is 2. The zero-order chi connectivity index (χ0) is 25.4. The maximum atomic E-state index is 13.5. The van der Waals surface area contributed by atoms with Crippen molar-refractivity contribution in [3.63, 3.8) is 0 Å². The molecule has 3 N–H and O–H groups in total. The van der Waals surface area contributed by atoms with Gasteiger partial charge < -0.3 is 10.6 Å². The van der Waals surface area contributed by atoms with Crippen molar-refractivity contribution in [3.05, 3.63) is 50.9 Å². The molecule has 2 fully saturated rings. The first-order valence-corrected chi connectivity index (χ1v) is 12.5. The normalized spacial score (nSPS) is 17.1. The van der Waals surface area contributed by atoms with Crippen LogP contribution in [0.2, 0.25) is 5.15 Å². The van der Waals surface area contributed by atoms with Crippen LogP contribution in [0.1, 0.15) is 67.3 Å². The summed E-state index contributed by atoms with van der Waals surface area (Å²) in [5, 5.41) is 23.8. The summed E-state index contributed by atoms with van der Waals surface area (Å²) < 4.78 is 6.30. The van der Waals surface area contributed by atoms with Gasteiger partial charge in [0, 0.05) is 11.8 Å². The van der Waals surface area contributed by atoms with Crippen molar-refractivity contribution in [1.29, 1.82) is 0 Å². The Morgan fingerprint density at radius 2 is 1.97 bits per heavy atom. The van der Waals surface area contributed by atoms with Gasteiger partial charge in [-0.1, -0.05) is 23.7 Å². The minimum atomic E-state index is -0.735. The second-order valence-electron chi connectivity index (χ2n) is 9.47. The summed E-state index contributed by atoms with van der Waals surface area (Å²) in [5.41, 5.74) is 1.01. The molecular formula is C23H27ClN8O4. The lowest BCUT2D eigenvalue weighted by Gasteiger charge is -2.27. The Bertz CT molecular complexity index is 1310. The highest BCUT2D eigenvalue weighted by atomic mass is 35.5. The molecule has 0 radical (unpaired) electrons. The fraction of sp³-hybridized carbons (Fsp3) is 0.522. The largest absolute Gasteiger partial charge is 0.338 e. The molecule has 2 amide bonds. The molecule has 1 unspecified atom stereocenters. The number of anilines is 1. The molecule has 190 valence electrons. The molecule has 13 heteroatoms. The molecule has 2 saturated carbocycles. The standard InChI is InChI=1S/C23H27ClN8O4/c1-3-16-19(31-36-30-16)22(34)27-20(18(12-4-5-12)13-6-7-13)23(35)26-14-9-25-32(10-14)11(2)15-8-17(24)28-29-21(15)33/h8-13,18,20H,3-7H2,1-2H3,(H,26,35)(H,27,34)(H,29,33)/t11?,20-/m0/s1. The van der Waals surface area contributed by atoms with Crippen LogP contribution in [-0.2, 0) is 11.2 Å². The van der Waals surface area contributed by atoms with E-state index < -0.39 is 18.0 Å². The molecule has 3 aromatic heterocycles. The van der Waals surface area contributed by atoms with Crippen molar-refractivity contribution < 1.29 is 14.2 Å². The van der Waals surface area contributed by atoms with Crippen molar-refractivity contribution in [1.82, 2.24) is 35.6 Å². The number of rotatable bonds is 10. The Balaban J connectivity index is 1.35. The lowest BCUT2D eigenvalue weighted by atomic mass is 9.88. The van der Waals surface area contributed by atoms with E-state index >= 15 is 0 Å². The van der Waals surface area contributed by atoms with E-state index in [1.807, 2.05) is 6.92 Å². The number of halogens is 1. The van der Waals surface area contributed by atoms with Crippen LogP contribution in [0.4, 0.5) is 5.69 Å². The Morgan fingerprint density at radius 3 is 2.64 bits per heavy atom. The van der Waals surface area contributed by atoms with Crippen molar-refractivity contribution in [2.24, 2.45) is 17.8 Å². The van der Waals surface area contributed by atoms with Crippen LogP contribution in [0, 0.1) is 17.8 Å². The first kappa shape index (κ1) is 24.2. The van der Waals surface area contributed by atoms with Gasteiger partial charge in [-0.15, -0.1) is 0 Å². The number of H-pyrrole nitrogens is 1. The predicted molar refractivity (Wildman–Crippen MR) is 128 cm³/mol. The van der Waals surface area contributed by atoms with E-state index in [0.29, 0.717) is 35.2 Å². The Hall–Kier alpha value is -3.54. The lowest BCUT2D eigenvalue weighted by Crippen LogP contribution is -2.50. The molecule has 5 rings (SSSR count). The third-order valence-electron chi connectivity index (χ3n) is 6.91. The number of hydrogen-bond acceptors (Lipinski definition) is 8. The average molecular weight is 515 g/mol. The molecule has 2 atom stereocenters. The number of hydrogen-bond donors (Lipinski definition) is 3. The summed E-state index contributed by atoms with van der Waals surface area (Å²) in [6, 6.07) is 0.296. The number of nitrogens with zero attached hydrogens (tertiary/aromatic N) is 5. The summed E-state index contributed by atoms with van der Waals surface area (Å²) in [5.74, 6) is 0.0581. The molecule has 0 saturated heterocycles. The molecule has 0 aromatic carbocycles. The summed E-state index contributed by atoms with van der Waals surface area (Å²) in [7, 11) is 0. The van der Waals surface area contributed by atoms with Gasteiger partial charge in [0.2, 0.25) is 5.91 Å². The van der Waals surface area contributed by atoms with E-state index in [2.05, 4.69) is 36.2 Å². The number of carbonyl (C=O) groups excluding carboxylic acids is 2. The number of aryl methyl sites for hydroxylation is 1. The van der Waals surface area contributed by atoms with Crippen molar-refractivity contribution >= 4 is 29.1 Å². The van der Waals surface area contributed by atoms with Crippen LogP contribution in [0.3, 0.4) is 0 Å². The second-order valence-corrected chi connectivity index (χ2v) is 9.85. The second kappa shape index (κ2) is 9.84. The molecule has 2 aliphatic rings. The van der Waals surface area contributed by atoms with Gasteiger partial charge >= 0.3 is 0 Å². The molecule has 3 heterocycles. The molecule has 3 aromatic rings. The zero-order valence-corrected chi connectivity index (χ0v) is 20.7. The number of nitrogens with one attached hydrogen (secondary N) is 3. The van der Waals surface area contributed by atoms with E-state index in [0.717, 1.165) is 25.7 Å². The van der Waals surface area contributed by atoms with E-state index in [9.17, 15) is 14.4 Å². The van der Waals surface area contributed by atoms with Crippen LogP contribution in [0.5, 0.6) is 0 Å². The van der Waals surface area contributed by atoms with Gasteiger partial charge in [-0.05, 0) is 68.0 Å². The number of amides is 2. The molecule has 12 nitrogen and oxygen atoms in total. The number of aromatic amines is 1. The lowest BCUT2D eigenvalue weighted by molar-refractivity contribution is -0.119. The van der Waals surface area contributed by atoms with Crippen molar-refractivity contribution in [2.45, 2.75) is 58.0 Å². The molecule has 2 aliphatic carbocycles. The topological polar surface area (TPSA) is 161 Å². The first-order valence-electron chi connectivity index (χ1n) is 12.1. The third-order valence-corrected chi connectivity index (χ3v) is 7.10. The van der Waals surface area contributed by atoms with Gasteiger partial charge in [-0.2, -0.15) is 10.2 Å². The maximum Gasteiger partial charge on any atom is 0.276 e. The minimum Gasteiger partial charge on any atom is -0.338 e. The molecule has 0 spiro atoms.